The van der Waals surface area contributed by atoms with Crippen molar-refractivity contribution in [2.24, 2.45) is 5.92 Å². The van der Waals surface area contributed by atoms with E-state index < -0.39 is 0 Å². The van der Waals surface area contributed by atoms with E-state index >= 15 is 0 Å². The maximum atomic E-state index is 12.4. The van der Waals surface area contributed by atoms with Crippen molar-refractivity contribution in [3.05, 3.63) is 23.8 Å². The summed E-state index contributed by atoms with van der Waals surface area (Å²) in [6.07, 6.45) is 5.64. The van der Waals surface area contributed by atoms with Crippen LogP contribution < -0.4 is 9.47 Å². The first-order chi connectivity index (χ1) is 11.7. The van der Waals surface area contributed by atoms with Gasteiger partial charge in [-0.05, 0) is 49.9 Å². The number of fused-ring (bicyclic) bond motifs is 1. The van der Waals surface area contributed by atoms with Crippen LogP contribution in [0.4, 0.5) is 0 Å². The molecule has 2 fully saturated rings. The summed E-state index contributed by atoms with van der Waals surface area (Å²) < 4.78 is 15.9. The topological polar surface area (TPSA) is 48.0 Å². The van der Waals surface area contributed by atoms with E-state index in [4.69, 9.17) is 14.2 Å². The molecule has 2 heterocycles. The van der Waals surface area contributed by atoms with Gasteiger partial charge in [0.25, 0.3) is 0 Å². The zero-order valence-electron chi connectivity index (χ0n) is 14.8. The van der Waals surface area contributed by atoms with Crippen molar-refractivity contribution in [3.8, 4) is 11.5 Å². The monoisotopic (exact) mass is 333 g/mol. The average molecular weight is 333 g/mol. The third kappa shape index (κ3) is 3.09. The first-order valence-electron chi connectivity index (χ1n) is 8.75. The van der Waals surface area contributed by atoms with Gasteiger partial charge in [0.1, 0.15) is 0 Å². The molecule has 3 atom stereocenters. The van der Waals surface area contributed by atoms with E-state index in [0.29, 0.717) is 17.5 Å². The number of esters is 1. The summed E-state index contributed by atoms with van der Waals surface area (Å²) >= 11 is 0. The third-order valence-corrected chi connectivity index (χ3v) is 5.48. The lowest BCUT2D eigenvalue weighted by Crippen LogP contribution is -2.50. The molecule has 0 aromatic heterocycles. The molecule has 2 saturated heterocycles. The Morgan fingerprint density at radius 2 is 1.83 bits per heavy atom. The summed E-state index contributed by atoms with van der Waals surface area (Å²) in [7, 11) is 4.76. The predicted molar refractivity (Wildman–Crippen MR) is 91.4 cm³/mol. The molecular formula is C19H27NO4. The van der Waals surface area contributed by atoms with E-state index in [9.17, 15) is 4.79 Å². The van der Waals surface area contributed by atoms with Crippen LogP contribution >= 0.6 is 0 Å². The number of rotatable bonds is 4. The fourth-order valence-corrected chi connectivity index (χ4v) is 4.32. The molecule has 5 heteroatoms. The highest BCUT2D eigenvalue weighted by Gasteiger charge is 2.43. The molecule has 1 aromatic rings. The lowest BCUT2D eigenvalue weighted by atomic mass is 9.79. The molecule has 0 aliphatic carbocycles. The summed E-state index contributed by atoms with van der Waals surface area (Å²) in [5.74, 6) is 1.18. The van der Waals surface area contributed by atoms with Crippen molar-refractivity contribution in [2.45, 2.75) is 44.2 Å². The van der Waals surface area contributed by atoms with E-state index in [1.807, 2.05) is 12.1 Å². The molecule has 2 aliphatic heterocycles. The molecular weight excluding hydrogens is 306 g/mol. The van der Waals surface area contributed by atoms with Crippen LogP contribution in [-0.2, 0) is 9.53 Å². The Hall–Kier alpha value is -1.75. The highest BCUT2D eigenvalue weighted by Crippen LogP contribution is 2.44. The summed E-state index contributed by atoms with van der Waals surface area (Å²) in [6, 6.07) is 6.61. The summed E-state index contributed by atoms with van der Waals surface area (Å²) in [5, 5.41) is 0. The van der Waals surface area contributed by atoms with Crippen LogP contribution in [-0.4, -0.2) is 44.8 Å². The fourth-order valence-electron chi connectivity index (χ4n) is 4.32. The van der Waals surface area contributed by atoms with E-state index in [1.165, 1.54) is 26.4 Å². The molecule has 0 saturated carbocycles. The number of methoxy groups -OCH3 is 3. The molecule has 0 bridgehead atoms. The molecule has 0 N–H and O–H groups in total. The lowest BCUT2D eigenvalue weighted by molar-refractivity contribution is -0.151. The maximum absolute atomic E-state index is 12.4. The van der Waals surface area contributed by atoms with Gasteiger partial charge in [-0.2, -0.15) is 0 Å². The molecule has 24 heavy (non-hydrogen) atoms. The summed E-state index contributed by atoms with van der Waals surface area (Å²) in [5.41, 5.74) is 1.11. The standard InChI is InChI=1S/C19H27NO4/c1-22-16-10-7-13(12-17(16)23-2)18-15(19(21)24-3)9-8-14-6-4-5-11-20(14)18/h7,10,12,14-15,18H,4-6,8-9,11H2,1-3H3/t14-,15+,18+/m0/s1. The highest BCUT2D eigenvalue weighted by atomic mass is 16.5. The summed E-state index contributed by atoms with van der Waals surface area (Å²) in [6.45, 7) is 1.04. The summed E-state index contributed by atoms with van der Waals surface area (Å²) in [4.78, 5) is 14.9. The van der Waals surface area contributed by atoms with Gasteiger partial charge in [0, 0.05) is 12.1 Å². The predicted octanol–water partition coefficient (Wildman–Crippen LogP) is 3.18. The Morgan fingerprint density at radius 1 is 1.04 bits per heavy atom. The van der Waals surface area contributed by atoms with E-state index in [2.05, 4.69) is 11.0 Å². The van der Waals surface area contributed by atoms with E-state index in [0.717, 1.165) is 24.9 Å². The molecule has 3 rings (SSSR count). The van der Waals surface area contributed by atoms with Gasteiger partial charge in [-0.15, -0.1) is 0 Å². The Balaban J connectivity index is 1.99. The quantitative estimate of drug-likeness (QED) is 0.792. The van der Waals surface area contributed by atoms with Crippen LogP contribution in [0.3, 0.4) is 0 Å². The molecule has 0 radical (unpaired) electrons. The van der Waals surface area contributed by atoms with Gasteiger partial charge in [-0.25, -0.2) is 0 Å². The van der Waals surface area contributed by atoms with Crippen molar-refractivity contribution >= 4 is 5.97 Å². The van der Waals surface area contributed by atoms with Crippen LogP contribution in [0.25, 0.3) is 0 Å². The Morgan fingerprint density at radius 3 is 2.54 bits per heavy atom. The van der Waals surface area contributed by atoms with Gasteiger partial charge in [0.2, 0.25) is 0 Å². The number of nitrogens with zero attached hydrogens (tertiary/aromatic N) is 1. The minimum Gasteiger partial charge on any atom is -0.493 e. The van der Waals surface area contributed by atoms with Gasteiger partial charge in [-0.1, -0.05) is 12.5 Å². The average Bonchev–Trinajstić information content (AvgIpc) is 2.65. The molecule has 0 unspecified atom stereocenters. The van der Waals surface area contributed by atoms with E-state index in [-0.39, 0.29) is 17.9 Å². The molecule has 0 amide bonds. The molecule has 0 spiro atoms. The third-order valence-electron chi connectivity index (χ3n) is 5.48. The Kier molecular flexibility index (Phi) is 5.29. The van der Waals surface area contributed by atoms with Crippen LogP contribution in [0.2, 0.25) is 0 Å². The van der Waals surface area contributed by atoms with Gasteiger partial charge in [0.05, 0.1) is 27.2 Å². The number of carbonyl (C=O) groups is 1. The first kappa shape index (κ1) is 17.1. The number of hydrogen-bond acceptors (Lipinski definition) is 5. The fraction of sp³-hybridized carbons (Fsp3) is 0.632. The van der Waals surface area contributed by atoms with Crippen molar-refractivity contribution in [1.82, 2.24) is 4.90 Å². The maximum Gasteiger partial charge on any atom is 0.310 e. The molecule has 5 nitrogen and oxygen atoms in total. The highest BCUT2D eigenvalue weighted by molar-refractivity contribution is 5.73. The Bertz CT molecular complexity index is 589. The number of carbonyl (C=O) groups excluding carboxylic acids is 1. The minimum atomic E-state index is -0.123. The smallest absolute Gasteiger partial charge is 0.310 e. The van der Waals surface area contributed by atoms with Gasteiger partial charge < -0.3 is 14.2 Å². The van der Waals surface area contributed by atoms with Gasteiger partial charge >= 0.3 is 5.97 Å². The van der Waals surface area contributed by atoms with Crippen LogP contribution in [0.5, 0.6) is 11.5 Å². The van der Waals surface area contributed by atoms with Gasteiger partial charge in [-0.3, -0.25) is 9.69 Å². The molecule has 132 valence electrons. The zero-order chi connectivity index (χ0) is 17.1. The van der Waals surface area contributed by atoms with Crippen molar-refractivity contribution in [1.29, 1.82) is 0 Å². The largest absolute Gasteiger partial charge is 0.493 e. The number of piperidine rings is 2. The minimum absolute atomic E-state index is 0.0521. The molecule has 1 aromatic carbocycles. The molecule has 2 aliphatic rings. The Labute approximate surface area is 143 Å². The SMILES string of the molecule is COC(=O)[C@@H]1CC[C@@H]2CCCCN2[C@@H]1c1ccc(OC)c(OC)c1. The van der Waals surface area contributed by atoms with Crippen molar-refractivity contribution < 1.29 is 19.0 Å². The number of benzene rings is 1. The van der Waals surface area contributed by atoms with Crippen LogP contribution in [0, 0.1) is 5.92 Å². The van der Waals surface area contributed by atoms with Gasteiger partial charge in [0.15, 0.2) is 11.5 Å². The van der Waals surface area contributed by atoms with Crippen molar-refractivity contribution in [2.75, 3.05) is 27.9 Å². The first-order valence-corrected chi connectivity index (χ1v) is 8.75. The van der Waals surface area contributed by atoms with Crippen LogP contribution in [0.15, 0.2) is 18.2 Å². The normalized spacial score (nSPS) is 27.2. The van der Waals surface area contributed by atoms with Crippen molar-refractivity contribution in [3.63, 3.8) is 0 Å². The van der Waals surface area contributed by atoms with E-state index in [1.54, 1.807) is 14.2 Å². The lowest BCUT2D eigenvalue weighted by Gasteiger charge is -2.48. The number of hydrogen-bond donors (Lipinski definition) is 0. The second-order valence-electron chi connectivity index (χ2n) is 6.65. The van der Waals surface area contributed by atoms with Crippen LogP contribution in [0.1, 0.15) is 43.7 Å². The number of ether oxygens (including phenoxy) is 3. The zero-order valence-corrected chi connectivity index (χ0v) is 14.8. The second-order valence-corrected chi connectivity index (χ2v) is 6.65. The second kappa shape index (κ2) is 7.43.